The Bertz CT molecular complexity index is 824. The molecule has 0 aromatic heterocycles. The number of hydrogen-bond acceptors (Lipinski definition) is 4. The van der Waals surface area contributed by atoms with E-state index in [2.05, 4.69) is 5.32 Å². The number of amides is 1. The molecule has 0 fully saturated rings. The van der Waals surface area contributed by atoms with Gasteiger partial charge in [0.05, 0.1) is 19.8 Å². The zero-order valence-electron chi connectivity index (χ0n) is 14.1. The molecule has 2 aromatic carbocycles. The van der Waals surface area contributed by atoms with Crippen molar-refractivity contribution in [3.05, 3.63) is 53.6 Å². The second-order valence-electron chi connectivity index (χ2n) is 5.75. The zero-order chi connectivity index (χ0) is 18.9. The van der Waals surface area contributed by atoms with Crippen LogP contribution in [-0.2, 0) is 0 Å². The minimum atomic E-state index is -4.54. The smallest absolute Gasteiger partial charge is 0.406 e. The van der Waals surface area contributed by atoms with Crippen molar-refractivity contribution in [1.29, 1.82) is 0 Å². The number of para-hydroxylation sites is 1. The molecular weight excluding hydrogens is 349 g/mol. The average molecular weight is 366 g/mol. The summed E-state index contributed by atoms with van der Waals surface area (Å²) >= 11 is 0. The number of benzene rings is 2. The Hall–Kier alpha value is -2.90. The fraction of sp³-hybridized carbons (Fsp3) is 0.278. The molecule has 26 heavy (non-hydrogen) atoms. The van der Waals surface area contributed by atoms with Crippen LogP contribution in [0, 0.1) is 0 Å². The van der Waals surface area contributed by atoms with Crippen molar-refractivity contribution in [2.24, 2.45) is 0 Å². The van der Waals surface area contributed by atoms with Gasteiger partial charge in [-0.3, -0.25) is 4.79 Å². The number of hydrogen-bond donors (Lipinski definition) is 1. The topological polar surface area (TPSA) is 50.8 Å². The predicted molar refractivity (Wildman–Crippen MR) is 89.4 cm³/mol. The molecular formula is C18H17F3N2O3. The van der Waals surface area contributed by atoms with Crippen molar-refractivity contribution in [2.75, 3.05) is 26.1 Å². The minimum Gasteiger partial charge on any atom is -0.497 e. The van der Waals surface area contributed by atoms with E-state index in [0.29, 0.717) is 22.7 Å². The third-order valence-corrected chi connectivity index (χ3v) is 4.11. The molecule has 1 amide bonds. The third-order valence-electron chi connectivity index (χ3n) is 4.11. The minimum absolute atomic E-state index is 0.195. The van der Waals surface area contributed by atoms with Crippen LogP contribution in [0.15, 0.2) is 42.5 Å². The van der Waals surface area contributed by atoms with Crippen LogP contribution >= 0.6 is 0 Å². The second-order valence-corrected chi connectivity index (χ2v) is 5.75. The number of halogens is 3. The summed E-state index contributed by atoms with van der Waals surface area (Å²) in [6.45, 7) is -1.38. The quantitative estimate of drug-likeness (QED) is 0.894. The lowest BCUT2D eigenvalue weighted by Gasteiger charge is -2.38. The molecule has 0 unspecified atom stereocenters. The number of carbonyl (C=O) groups excluding carboxylic acids is 1. The lowest BCUT2D eigenvalue weighted by Crippen LogP contribution is -2.47. The molecule has 138 valence electrons. The van der Waals surface area contributed by atoms with E-state index in [-0.39, 0.29) is 5.56 Å². The highest BCUT2D eigenvalue weighted by molar-refractivity contribution is 6.01. The molecule has 1 aliphatic rings. The van der Waals surface area contributed by atoms with Crippen molar-refractivity contribution in [3.63, 3.8) is 0 Å². The molecule has 1 atom stereocenters. The maximum Gasteiger partial charge on any atom is 0.406 e. The summed E-state index contributed by atoms with van der Waals surface area (Å²) < 4.78 is 49.7. The molecule has 3 rings (SSSR count). The van der Waals surface area contributed by atoms with Gasteiger partial charge in [0.25, 0.3) is 5.91 Å². The maximum atomic E-state index is 13.1. The number of methoxy groups -OCH3 is 2. The Morgan fingerprint density at radius 1 is 1.12 bits per heavy atom. The van der Waals surface area contributed by atoms with Crippen LogP contribution < -0.4 is 14.8 Å². The van der Waals surface area contributed by atoms with Crippen LogP contribution in [0.2, 0.25) is 0 Å². The van der Waals surface area contributed by atoms with Crippen molar-refractivity contribution < 1.29 is 27.4 Å². The third kappa shape index (κ3) is 3.40. The van der Waals surface area contributed by atoms with E-state index < -0.39 is 24.8 Å². The zero-order valence-corrected chi connectivity index (χ0v) is 14.1. The number of nitrogens with one attached hydrogen (secondary N) is 1. The Labute approximate surface area is 148 Å². The number of nitrogens with zero attached hydrogens (tertiary/aromatic N) is 1. The largest absolute Gasteiger partial charge is 0.497 e. The van der Waals surface area contributed by atoms with Crippen LogP contribution in [0.1, 0.15) is 22.1 Å². The van der Waals surface area contributed by atoms with Gasteiger partial charge < -0.3 is 19.7 Å². The summed E-state index contributed by atoms with van der Waals surface area (Å²) in [5.74, 6) is 0.122. The van der Waals surface area contributed by atoms with E-state index in [1.54, 1.807) is 36.4 Å². The van der Waals surface area contributed by atoms with Crippen LogP contribution in [0.4, 0.5) is 18.9 Å². The number of anilines is 1. The van der Waals surface area contributed by atoms with E-state index in [1.165, 1.54) is 20.3 Å². The normalized spacial score (nSPS) is 16.7. The summed E-state index contributed by atoms with van der Waals surface area (Å²) in [6.07, 6.45) is -5.57. The van der Waals surface area contributed by atoms with Crippen molar-refractivity contribution in [2.45, 2.75) is 12.3 Å². The SMILES string of the molecule is COc1ccc([C@H]2Nc3ccccc3C(=O)N2CC(F)(F)F)c(OC)c1. The fourth-order valence-electron chi connectivity index (χ4n) is 2.94. The molecule has 0 aliphatic carbocycles. The standard InChI is InChI=1S/C18H17F3N2O3/c1-25-11-7-8-13(15(9-11)26-2)16-22-14-6-4-3-5-12(14)17(24)23(16)10-18(19,20)21/h3-9,16,22H,10H2,1-2H3/t16-/m0/s1. The molecule has 0 spiro atoms. The molecule has 1 heterocycles. The number of ether oxygens (including phenoxy) is 2. The van der Waals surface area contributed by atoms with Gasteiger partial charge in [0.15, 0.2) is 0 Å². The van der Waals surface area contributed by atoms with E-state index in [0.717, 1.165) is 4.90 Å². The average Bonchev–Trinajstić information content (AvgIpc) is 2.62. The first-order valence-electron chi connectivity index (χ1n) is 7.79. The maximum absolute atomic E-state index is 13.1. The monoisotopic (exact) mass is 366 g/mol. The first kappa shape index (κ1) is 17.9. The van der Waals surface area contributed by atoms with E-state index in [1.807, 2.05) is 0 Å². The van der Waals surface area contributed by atoms with Crippen molar-refractivity contribution >= 4 is 11.6 Å². The van der Waals surface area contributed by atoms with E-state index >= 15 is 0 Å². The van der Waals surface area contributed by atoms with Crippen LogP contribution in [-0.4, -0.2) is 37.7 Å². The van der Waals surface area contributed by atoms with Gasteiger partial charge in [-0.15, -0.1) is 0 Å². The van der Waals surface area contributed by atoms with E-state index in [4.69, 9.17) is 9.47 Å². The molecule has 5 nitrogen and oxygen atoms in total. The lowest BCUT2D eigenvalue weighted by molar-refractivity contribution is -0.144. The summed E-state index contributed by atoms with van der Waals surface area (Å²) in [6, 6.07) is 11.2. The van der Waals surface area contributed by atoms with Gasteiger partial charge in [-0.1, -0.05) is 12.1 Å². The van der Waals surface area contributed by atoms with Gasteiger partial charge >= 0.3 is 6.18 Å². The Kier molecular flexibility index (Phi) is 4.67. The van der Waals surface area contributed by atoms with E-state index in [9.17, 15) is 18.0 Å². The molecule has 0 bridgehead atoms. The summed E-state index contributed by atoms with van der Waals surface area (Å²) in [5, 5.41) is 3.01. The van der Waals surface area contributed by atoms with Crippen molar-refractivity contribution in [1.82, 2.24) is 4.90 Å². The van der Waals surface area contributed by atoms with Gasteiger partial charge in [0.2, 0.25) is 0 Å². The summed E-state index contributed by atoms with van der Waals surface area (Å²) in [7, 11) is 2.88. The van der Waals surface area contributed by atoms with Crippen LogP contribution in [0.5, 0.6) is 11.5 Å². The van der Waals surface area contributed by atoms with Gasteiger partial charge in [-0.05, 0) is 24.3 Å². The van der Waals surface area contributed by atoms with Crippen LogP contribution in [0.25, 0.3) is 0 Å². The Morgan fingerprint density at radius 2 is 1.85 bits per heavy atom. The fourth-order valence-corrected chi connectivity index (χ4v) is 2.94. The van der Waals surface area contributed by atoms with Gasteiger partial charge in [-0.25, -0.2) is 0 Å². The summed E-state index contributed by atoms with van der Waals surface area (Å²) in [4.78, 5) is 13.5. The van der Waals surface area contributed by atoms with Gasteiger partial charge in [0, 0.05) is 17.3 Å². The molecule has 0 saturated heterocycles. The van der Waals surface area contributed by atoms with Gasteiger partial charge in [0.1, 0.15) is 24.2 Å². The lowest BCUT2D eigenvalue weighted by atomic mass is 10.0. The second kappa shape index (κ2) is 6.78. The summed E-state index contributed by atoms with van der Waals surface area (Å²) in [5.41, 5.74) is 1.07. The number of carbonyl (C=O) groups is 1. The van der Waals surface area contributed by atoms with Crippen LogP contribution in [0.3, 0.4) is 0 Å². The number of rotatable bonds is 4. The first-order chi connectivity index (χ1) is 12.3. The number of alkyl halides is 3. The number of fused-ring (bicyclic) bond motifs is 1. The highest BCUT2D eigenvalue weighted by Gasteiger charge is 2.41. The Morgan fingerprint density at radius 3 is 2.50 bits per heavy atom. The van der Waals surface area contributed by atoms with Crippen molar-refractivity contribution in [3.8, 4) is 11.5 Å². The van der Waals surface area contributed by atoms with Gasteiger partial charge in [-0.2, -0.15) is 13.2 Å². The molecule has 1 N–H and O–H groups in total. The Balaban J connectivity index is 2.09. The molecule has 1 aliphatic heterocycles. The molecule has 0 radical (unpaired) electrons. The predicted octanol–water partition coefficient (Wildman–Crippen LogP) is 3.83. The molecule has 8 heteroatoms. The highest BCUT2D eigenvalue weighted by atomic mass is 19.4. The highest BCUT2D eigenvalue weighted by Crippen LogP contribution is 2.39. The first-order valence-corrected chi connectivity index (χ1v) is 7.79. The molecule has 2 aromatic rings. The molecule has 0 saturated carbocycles.